The molecule has 4 N–H and O–H groups in total. The molecule has 124 valence electrons. The summed E-state index contributed by atoms with van der Waals surface area (Å²) in [6, 6.07) is 14.6. The van der Waals surface area contributed by atoms with Gasteiger partial charge in [0, 0.05) is 16.8 Å². The highest BCUT2D eigenvalue weighted by atomic mass is 35.5. The first kappa shape index (κ1) is 16.3. The third-order valence-electron chi connectivity index (χ3n) is 3.59. The molecule has 1 atom stereocenters. The highest BCUT2D eigenvalue weighted by Crippen LogP contribution is 2.20. The standard InChI is InChI=1S/C17H18ClN5O/c1-24-14-4-2-3-13(9-14)20-10-15-21-17(23-22-15)16(19)11-5-7-12(18)8-6-11/h2-9,16,20H,10,19H2,1H3,(H,21,22,23). The molecule has 0 amide bonds. The van der Waals surface area contributed by atoms with Crippen LogP contribution in [-0.2, 0) is 6.54 Å². The fourth-order valence-corrected chi connectivity index (χ4v) is 2.39. The molecule has 6 nitrogen and oxygen atoms in total. The van der Waals surface area contributed by atoms with E-state index in [9.17, 15) is 0 Å². The zero-order valence-corrected chi connectivity index (χ0v) is 13.9. The Labute approximate surface area is 145 Å². The van der Waals surface area contributed by atoms with Gasteiger partial charge in [-0.25, -0.2) is 4.98 Å². The number of methoxy groups -OCH3 is 1. The molecule has 0 aliphatic heterocycles. The number of nitrogens with two attached hydrogens (primary N) is 1. The minimum absolute atomic E-state index is 0.399. The Morgan fingerprint density at radius 2 is 2.04 bits per heavy atom. The average Bonchev–Trinajstić information content (AvgIpc) is 3.09. The monoisotopic (exact) mass is 343 g/mol. The number of nitrogens with zero attached hydrogens (tertiary/aromatic N) is 2. The van der Waals surface area contributed by atoms with Gasteiger partial charge in [0.2, 0.25) is 0 Å². The van der Waals surface area contributed by atoms with E-state index >= 15 is 0 Å². The molecule has 0 saturated carbocycles. The summed E-state index contributed by atoms with van der Waals surface area (Å²) in [5.74, 6) is 2.04. The zero-order valence-electron chi connectivity index (χ0n) is 13.2. The number of H-pyrrole nitrogens is 1. The Kier molecular flexibility index (Phi) is 4.98. The average molecular weight is 344 g/mol. The number of hydrogen-bond donors (Lipinski definition) is 3. The fourth-order valence-electron chi connectivity index (χ4n) is 2.27. The van der Waals surface area contributed by atoms with Crippen molar-refractivity contribution in [1.82, 2.24) is 15.2 Å². The van der Waals surface area contributed by atoms with E-state index in [4.69, 9.17) is 22.1 Å². The molecule has 3 aromatic rings. The van der Waals surface area contributed by atoms with Gasteiger partial charge in [-0.15, -0.1) is 0 Å². The number of benzene rings is 2. The second-order valence-electron chi connectivity index (χ2n) is 5.26. The van der Waals surface area contributed by atoms with E-state index in [1.165, 1.54) is 0 Å². The van der Waals surface area contributed by atoms with E-state index < -0.39 is 6.04 Å². The molecule has 0 aliphatic rings. The smallest absolute Gasteiger partial charge is 0.171 e. The molecular formula is C17H18ClN5O. The van der Waals surface area contributed by atoms with Crippen LogP contribution in [0.15, 0.2) is 48.5 Å². The van der Waals surface area contributed by atoms with Gasteiger partial charge in [0.15, 0.2) is 5.82 Å². The van der Waals surface area contributed by atoms with Gasteiger partial charge >= 0.3 is 0 Å². The predicted octanol–water partition coefficient (Wildman–Crippen LogP) is 3.13. The molecule has 3 rings (SSSR count). The van der Waals surface area contributed by atoms with E-state index in [-0.39, 0.29) is 0 Å². The van der Waals surface area contributed by atoms with Crippen molar-refractivity contribution in [2.24, 2.45) is 5.73 Å². The van der Waals surface area contributed by atoms with Gasteiger partial charge in [-0.05, 0) is 29.8 Å². The lowest BCUT2D eigenvalue weighted by Crippen LogP contribution is -2.13. The third kappa shape index (κ3) is 3.84. The molecule has 1 unspecified atom stereocenters. The van der Waals surface area contributed by atoms with Gasteiger partial charge in [0.25, 0.3) is 0 Å². The summed E-state index contributed by atoms with van der Waals surface area (Å²) in [6.45, 7) is 0.507. The van der Waals surface area contributed by atoms with Crippen LogP contribution in [0.1, 0.15) is 23.3 Å². The number of hydrogen-bond acceptors (Lipinski definition) is 5. The summed E-state index contributed by atoms with van der Waals surface area (Å²) in [7, 11) is 1.64. The summed E-state index contributed by atoms with van der Waals surface area (Å²) < 4.78 is 5.20. The molecular weight excluding hydrogens is 326 g/mol. The molecule has 24 heavy (non-hydrogen) atoms. The van der Waals surface area contributed by atoms with Crippen molar-refractivity contribution >= 4 is 17.3 Å². The maximum absolute atomic E-state index is 6.20. The minimum atomic E-state index is -0.399. The van der Waals surface area contributed by atoms with Crippen LogP contribution in [0.5, 0.6) is 5.75 Å². The van der Waals surface area contributed by atoms with Crippen molar-refractivity contribution < 1.29 is 4.74 Å². The van der Waals surface area contributed by atoms with Crippen molar-refractivity contribution in [3.8, 4) is 5.75 Å². The number of rotatable bonds is 6. The van der Waals surface area contributed by atoms with Crippen LogP contribution in [0.25, 0.3) is 0 Å². The highest BCUT2D eigenvalue weighted by Gasteiger charge is 2.14. The molecule has 0 bridgehead atoms. The lowest BCUT2D eigenvalue weighted by atomic mass is 10.1. The maximum Gasteiger partial charge on any atom is 0.171 e. The first-order valence-corrected chi connectivity index (χ1v) is 7.83. The molecule has 1 heterocycles. The van der Waals surface area contributed by atoms with Crippen molar-refractivity contribution in [3.05, 3.63) is 70.8 Å². The predicted molar refractivity (Wildman–Crippen MR) is 94.2 cm³/mol. The van der Waals surface area contributed by atoms with Gasteiger partial charge < -0.3 is 15.8 Å². The quantitative estimate of drug-likeness (QED) is 0.640. The van der Waals surface area contributed by atoms with Crippen LogP contribution in [0.4, 0.5) is 5.69 Å². The zero-order chi connectivity index (χ0) is 16.9. The van der Waals surface area contributed by atoms with Gasteiger partial charge in [0.05, 0.1) is 19.7 Å². The number of anilines is 1. The highest BCUT2D eigenvalue weighted by molar-refractivity contribution is 6.30. The minimum Gasteiger partial charge on any atom is -0.497 e. The third-order valence-corrected chi connectivity index (χ3v) is 3.84. The lowest BCUT2D eigenvalue weighted by Gasteiger charge is -2.08. The van der Waals surface area contributed by atoms with Crippen molar-refractivity contribution in [1.29, 1.82) is 0 Å². The molecule has 0 aliphatic carbocycles. The van der Waals surface area contributed by atoms with E-state index in [0.717, 1.165) is 17.0 Å². The SMILES string of the molecule is COc1cccc(NCc2nc(C(N)c3ccc(Cl)cc3)n[nH]2)c1. The normalized spacial score (nSPS) is 12.0. The van der Waals surface area contributed by atoms with Crippen LogP contribution in [0, 0.1) is 0 Å². The topological polar surface area (TPSA) is 88.8 Å². The fraction of sp³-hybridized carbons (Fsp3) is 0.176. The van der Waals surface area contributed by atoms with Crippen molar-refractivity contribution in [3.63, 3.8) is 0 Å². The van der Waals surface area contributed by atoms with Crippen LogP contribution >= 0.6 is 11.6 Å². The molecule has 0 radical (unpaired) electrons. The van der Waals surface area contributed by atoms with Crippen LogP contribution in [0.3, 0.4) is 0 Å². The van der Waals surface area contributed by atoms with Crippen LogP contribution in [-0.4, -0.2) is 22.3 Å². The molecule has 7 heteroatoms. The van der Waals surface area contributed by atoms with Crippen molar-refractivity contribution in [2.75, 3.05) is 12.4 Å². The Morgan fingerprint density at radius 3 is 2.79 bits per heavy atom. The Morgan fingerprint density at radius 1 is 1.25 bits per heavy atom. The van der Waals surface area contributed by atoms with Gasteiger partial charge in [0.1, 0.15) is 11.6 Å². The second-order valence-corrected chi connectivity index (χ2v) is 5.69. The largest absolute Gasteiger partial charge is 0.497 e. The molecule has 0 saturated heterocycles. The summed E-state index contributed by atoms with van der Waals surface area (Å²) in [5.41, 5.74) is 8.05. The Bertz CT molecular complexity index is 803. The Balaban J connectivity index is 1.65. The summed E-state index contributed by atoms with van der Waals surface area (Å²) >= 11 is 5.89. The van der Waals surface area contributed by atoms with E-state index in [1.54, 1.807) is 19.2 Å². The molecule has 2 aromatic carbocycles. The van der Waals surface area contributed by atoms with Crippen molar-refractivity contribution in [2.45, 2.75) is 12.6 Å². The van der Waals surface area contributed by atoms with Gasteiger partial charge in [-0.2, -0.15) is 5.10 Å². The number of aromatic nitrogens is 3. The Hall–Kier alpha value is -2.57. The second kappa shape index (κ2) is 7.33. The molecule has 0 spiro atoms. The number of nitrogens with one attached hydrogen (secondary N) is 2. The summed E-state index contributed by atoms with van der Waals surface area (Å²) in [6.07, 6.45) is 0. The first-order valence-electron chi connectivity index (χ1n) is 7.46. The van der Waals surface area contributed by atoms with Gasteiger partial charge in [-0.3, -0.25) is 5.10 Å². The van der Waals surface area contributed by atoms with Gasteiger partial charge in [-0.1, -0.05) is 29.8 Å². The van der Waals surface area contributed by atoms with E-state index in [1.807, 2.05) is 36.4 Å². The number of ether oxygens (including phenoxy) is 1. The van der Waals surface area contributed by atoms with E-state index in [2.05, 4.69) is 20.5 Å². The lowest BCUT2D eigenvalue weighted by molar-refractivity contribution is 0.415. The van der Waals surface area contributed by atoms with E-state index in [0.29, 0.717) is 23.2 Å². The van der Waals surface area contributed by atoms with Crippen LogP contribution < -0.4 is 15.8 Å². The summed E-state index contributed by atoms with van der Waals surface area (Å²) in [4.78, 5) is 4.45. The van der Waals surface area contributed by atoms with Crippen LogP contribution in [0.2, 0.25) is 5.02 Å². The number of halogens is 1. The number of aromatic amines is 1. The maximum atomic E-state index is 6.20. The first-order chi connectivity index (χ1) is 11.7. The molecule has 0 fully saturated rings. The summed E-state index contributed by atoms with van der Waals surface area (Å²) in [5, 5.41) is 11.0. The molecule has 1 aromatic heterocycles.